The topological polar surface area (TPSA) is 52.2 Å². The van der Waals surface area contributed by atoms with Gasteiger partial charge in [-0.3, -0.25) is 4.79 Å². The van der Waals surface area contributed by atoms with Gasteiger partial charge < -0.3 is 14.8 Å². The highest BCUT2D eigenvalue weighted by atomic mass is 16.2. The van der Waals surface area contributed by atoms with Gasteiger partial charge >= 0.3 is 0 Å². The van der Waals surface area contributed by atoms with Crippen LogP contribution < -0.4 is 0 Å². The fraction of sp³-hybridized carbons (Fsp3) is 0.333. The molecule has 2 aliphatic rings. The first kappa shape index (κ1) is 22.1. The summed E-state index contributed by atoms with van der Waals surface area (Å²) in [6, 6.07) is 14.9. The van der Waals surface area contributed by atoms with Crippen molar-refractivity contribution in [3.63, 3.8) is 0 Å². The highest BCUT2D eigenvalue weighted by Gasteiger charge is 2.38. The van der Waals surface area contributed by atoms with Gasteiger partial charge in [0, 0.05) is 67.1 Å². The number of carbonyl (C=O) groups is 1. The number of aromatic amines is 1. The number of carbonyl (C=O) groups excluding carboxylic acids is 1. The normalized spacial score (nSPS) is 19.5. The fourth-order valence-corrected chi connectivity index (χ4v) is 6.38. The summed E-state index contributed by atoms with van der Waals surface area (Å²) in [6.45, 7) is 4.60. The lowest BCUT2D eigenvalue weighted by molar-refractivity contribution is 0.0827. The molecule has 0 spiro atoms. The summed E-state index contributed by atoms with van der Waals surface area (Å²) in [7, 11) is 5.79. The fourth-order valence-electron chi connectivity index (χ4n) is 6.38. The lowest BCUT2D eigenvalue weighted by atomic mass is 9.67. The minimum Gasteiger partial charge on any atom is -0.346 e. The van der Waals surface area contributed by atoms with E-state index in [0.29, 0.717) is 5.56 Å². The Morgan fingerprint density at radius 2 is 1.83 bits per heavy atom. The van der Waals surface area contributed by atoms with Crippen molar-refractivity contribution in [1.29, 1.82) is 0 Å². The molecule has 178 valence electrons. The molecule has 0 radical (unpaired) electrons. The van der Waals surface area contributed by atoms with Gasteiger partial charge in [0.2, 0.25) is 0 Å². The quantitative estimate of drug-likeness (QED) is 0.427. The van der Waals surface area contributed by atoms with Gasteiger partial charge in [0.15, 0.2) is 0 Å². The molecule has 4 aromatic rings. The monoisotopic (exact) mass is 464 g/mol. The second-order valence-corrected chi connectivity index (χ2v) is 10.9. The second-order valence-electron chi connectivity index (χ2n) is 10.9. The zero-order valence-electron chi connectivity index (χ0n) is 21.0. The minimum absolute atomic E-state index is 0.0116. The molecule has 0 bridgehead atoms. The molecule has 35 heavy (non-hydrogen) atoms. The molecule has 1 N–H and O–H groups in total. The van der Waals surface area contributed by atoms with Crippen LogP contribution in [0, 0.1) is 0 Å². The molecule has 2 aromatic carbocycles. The zero-order chi connectivity index (χ0) is 24.3. The van der Waals surface area contributed by atoms with Crippen molar-refractivity contribution < 1.29 is 4.79 Å². The number of pyridine rings is 1. The van der Waals surface area contributed by atoms with E-state index in [-0.39, 0.29) is 11.3 Å². The Kier molecular flexibility index (Phi) is 5.08. The molecule has 5 nitrogen and oxygen atoms in total. The SMILES string of the molecule is CN1Cc2cc(-c3cnc4[nH]cc(-c5ccc(C(=O)N(C)C)cc5)c4c3)cc3c2[C@@](C)(CCC3)C1. The first-order valence-corrected chi connectivity index (χ1v) is 12.5. The van der Waals surface area contributed by atoms with Crippen LogP contribution in [0.15, 0.2) is 54.9 Å². The molecule has 1 aliphatic heterocycles. The summed E-state index contributed by atoms with van der Waals surface area (Å²) < 4.78 is 0. The molecule has 0 fully saturated rings. The number of hydrogen-bond donors (Lipinski definition) is 1. The Labute approximate surface area is 206 Å². The van der Waals surface area contributed by atoms with Crippen LogP contribution >= 0.6 is 0 Å². The average Bonchev–Trinajstić information content (AvgIpc) is 3.26. The van der Waals surface area contributed by atoms with Crippen LogP contribution in [-0.4, -0.2) is 53.4 Å². The molecular weight excluding hydrogens is 432 g/mol. The lowest BCUT2D eigenvalue weighted by Gasteiger charge is -2.45. The number of benzene rings is 2. The number of nitrogens with one attached hydrogen (secondary N) is 1. The minimum atomic E-state index is 0.0116. The van der Waals surface area contributed by atoms with Gasteiger partial charge in [0.05, 0.1) is 0 Å². The van der Waals surface area contributed by atoms with Crippen LogP contribution in [0.2, 0.25) is 0 Å². The molecule has 2 aromatic heterocycles. The van der Waals surface area contributed by atoms with E-state index in [0.717, 1.165) is 40.8 Å². The zero-order valence-corrected chi connectivity index (χ0v) is 21.0. The molecule has 0 saturated carbocycles. The number of aryl methyl sites for hydroxylation is 1. The predicted molar refractivity (Wildman–Crippen MR) is 142 cm³/mol. The third kappa shape index (κ3) is 3.66. The van der Waals surface area contributed by atoms with Gasteiger partial charge in [-0.05, 0) is 78.4 Å². The molecule has 1 amide bonds. The number of rotatable bonds is 3. The average molecular weight is 465 g/mol. The highest BCUT2D eigenvalue weighted by molar-refractivity contribution is 5.98. The second kappa shape index (κ2) is 8.06. The summed E-state index contributed by atoms with van der Waals surface area (Å²) >= 11 is 0. The maximum absolute atomic E-state index is 12.3. The van der Waals surface area contributed by atoms with Crippen LogP contribution in [0.5, 0.6) is 0 Å². The number of fused-ring (bicyclic) bond motifs is 1. The maximum Gasteiger partial charge on any atom is 0.253 e. The summed E-state index contributed by atoms with van der Waals surface area (Å²) in [5.74, 6) is 0.0116. The van der Waals surface area contributed by atoms with Crippen molar-refractivity contribution in [2.75, 3.05) is 27.7 Å². The van der Waals surface area contributed by atoms with Crippen molar-refractivity contribution in [1.82, 2.24) is 19.8 Å². The summed E-state index contributed by atoms with van der Waals surface area (Å²) in [4.78, 5) is 24.4. The van der Waals surface area contributed by atoms with E-state index >= 15 is 0 Å². The number of nitrogens with zero attached hydrogens (tertiary/aromatic N) is 3. The number of amides is 1. The van der Waals surface area contributed by atoms with Crippen LogP contribution in [0.1, 0.15) is 46.8 Å². The number of likely N-dealkylation sites (N-methyl/N-ethyl adjacent to an activating group) is 1. The molecule has 1 atom stereocenters. The van der Waals surface area contributed by atoms with E-state index in [1.165, 1.54) is 36.0 Å². The Morgan fingerprint density at radius 1 is 1.06 bits per heavy atom. The molecule has 0 saturated heterocycles. The van der Waals surface area contributed by atoms with Gasteiger partial charge in [0.25, 0.3) is 5.91 Å². The van der Waals surface area contributed by atoms with E-state index in [9.17, 15) is 4.79 Å². The van der Waals surface area contributed by atoms with Crippen LogP contribution in [0.3, 0.4) is 0 Å². The molecule has 0 unspecified atom stereocenters. The van der Waals surface area contributed by atoms with Crippen LogP contribution in [0.25, 0.3) is 33.3 Å². The first-order chi connectivity index (χ1) is 16.8. The molecule has 5 heteroatoms. The molecule has 3 heterocycles. The van der Waals surface area contributed by atoms with Crippen LogP contribution in [-0.2, 0) is 18.4 Å². The Bertz CT molecular complexity index is 1450. The van der Waals surface area contributed by atoms with E-state index in [1.807, 2.05) is 36.7 Å². The van der Waals surface area contributed by atoms with Crippen molar-refractivity contribution in [3.05, 3.63) is 77.1 Å². The van der Waals surface area contributed by atoms with Crippen LogP contribution in [0.4, 0.5) is 0 Å². The lowest BCUT2D eigenvalue weighted by Crippen LogP contribution is -2.44. The standard InChI is InChI=1S/C30H32N4O/c1-30-11-5-6-21-12-22(13-24(27(21)30)17-34(4)18-30)23-14-25-26(16-32-28(25)31-15-23)19-7-9-20(10-8-19)29(35)33(2)3/h7-10,12-16H,5-6,11,17-18H2,1-4H3,(H,31,32)/t30-/m0/s1. The smallest absolute Gasteiger partial charge is 0.253 e. The van der Waals surface area contributed by atoms with Crippen molar-refractivity contribution in [2.45, 2.75) is 38.1 Å². The van der Waals surface area contributed by atoms with Gasteiger partial charge in [-0.25, -0.2) is 4.98 Å². The van der Waals surface area contributed by atoms with Gasteiger partial charge in [-0.15, -0.1) is 0 Å². The molecule has 1 aliphatic carbocycles. The van der Waals surface area contributed by atoms with Crippen molar-refractivity contribution >= 4 is 16.9 Å². The van der Waals surface area contributed by atoms with E-state index in [4.69, 9.17) is 4.98 Å². The maximum atomic E-state index is 12.3. The number of aromatic nitrogens is 2. The van der Waals surface area contributed by atoms with Gasteiger partial charge in [-0.2, -0.15) is 0 Å². The Balaban J connectivity index is 1.42. The summed E-state index contributed by atoms with van der Waals surface area (Å²) in [6.07, 6.45) is 7.70. The third-order valence-electron chi connectivity index (χ3n) is 7.85. The highest BCUT2D eigenvalue weighted by Crippen LogP contribution is 2.45. The summed E-state index contributed by atoms with van der Waals surface area (Å²) in [5, 5.41) is 1.10. The predicted octanol–water partition coefficient (Wildman–Crippen LogP) is 5.64. The largest absolute Gasteiger partial charge is 0.346 e. The third-order valence-corrected chi connectivity index (χ3v) is 7.85. The Hall–Kier alpha value is -3.44. The first-order valence-electron chi connectivity index (χ1n) is 12.5. The molecular formula is C30H32N4O. The van der Waals surface area contributed by atoms with E-state index in [1.54, 1.807) is 24.6 Å². The van der Waals surface area contributed by atoms with Crippen molar-refractivity contribution in [2.24, 2.45) is 0 Å². The number of hydrogen-bond acceptors (Lipinski definition) is 3. The van der Waals surface area contributed by atoms with E-state index in [2.05, 4.69) is 42.1 Å². The number of H-pyrrole nitrogens is 1. The molecule has 6 rings (SSSR count). The van der Waals surface area contributed by atoms with Gasteiger partial charge in [-0.1, -0.05) is 25.1 Å². The summed E-state index contributed by atoms with van der Waals surface area (Å²) in [5.41, 5.74) is 11.0. The van der Waals surface area contributed by atoms with Gasteiger partial charge in [0.1, 0.15) is 5.65 Å². The van der Waals surface area contributed by atoms with E-state index < -0.39 is 0 Å². The Morgan fingerprint density at radius 3 is 2.60 bits per heavy atom. The van der Waals surface area contributed by atoms with Crippen molar-refractivity contribution in [3.8, 4) is 22.3 Å².